The van der Waals surface area contributed by atoms with Gasteiger partial charge in [0, 0.05) is 15.4 Å². The van der Waals surface area contributed by atoms with E-state index in [9.17, 15) is 0 Å². The molecular formula is C10H8Br2. The summed E-state index contributed by atoms with van der Waals surface area (Å²) in [6.45, 7) is 2.16. The van der Waals surface area contributed by atoms with E-state index in [2.05, 4.69) is 57.0 Å². The molecule has 0 aromatic heterocycles. The molecule has 62 valence electrons. The van der Waals surface area contributed by atoms with Gasteiger partial charge in [-0.3, -0.25) is 0 Å². The fourth-order valence-corrected chi connectivity index (χ4v) is 2.44. The highest BCUT2D eigenvalue weighted by Crippen LogP contribution is 2.36. The second-order valence-corrected chi connectivity index (χ2v) is 4.88. The Morgan fingerprint density at radius 1 is 1.25 bits per heavy atom. The predicted molar refractivity (Wildman–Crippen MR) is 59.4 cm³/mol. The van der Waals surface area contributed by atoms with Crippen LogP contribution in [0, 0.1) is 0 Å². The molecule has 0 amide bonds. The third kappa shape index (κ3) is 1.27. The molecule has 12 heavy (non-hydrogen) atoms. The lowest BCUT2D eigenvalue weighted by molar-refractivity contribution is 1.29. The van der Waals surface area contributed by atoms with E-state index in [1.807, 2.05) is 0 Å². The van der Waals surface area contributed by atoms with Gasteiger partial charge in [0.2, 0.25) is 0 Å². The molecule has 0 atom stereocenters. The first kappa shape index (κ1) is 8.52. The van der Waals surface area contributed by atoms with E-state index < -0.39 is 0 Å². The van der Waals surface area contributed by atoms with E-state index in [1.54, 1.807) is 0 Å². The highest BCUT2D eigenvalue weighted by Gasteiger charge is 2.15. The molecule has 0 aliphatic heterocycles. The summed E-state index contributed by atoms with van der Waals surface area (Å²) in [6.07, 6.45) is 1.04. The normalized spacial score (nSPS) is 15.2. The van der Waals surface area contributed by atoms with Crippen LogP contribution in [0.2, 0.25) is 0 Å². The van der Waals surface area contributed by atoms with Gasteiger partial charge in [-0.25, -0.2) is 0 Å². The highest BCUT2D eigenvalue weighted by atomic mass is 79.9. The van der Waals surface area contributed by atoms with Crippen LogP contribution >= 0.6 is 31.9 Å². The van der Waals surface area contributed by atoms with Gasteiger partial charge >= 0.3 is 0 Å². The molecule has 0 radical (unpaired) electrons. The fourth-order valence-electron chi connectivity index (χ4n) is 1.52. The van der Waals surface area contributed by atoms with Crippen molar-refractivity contribution < 1.29 is 0 Å². The van der Waals surface area contributed by atoms with Crippen LogP contribution in [-0.2, 0) is 6.42 Å². The summed E-state index contributed by atoms with van der Waals surface area (Å²) in [5.41, 5.74) is 4.16. The van der Waals surface area contributed by atoms with Crippen LogP contribution < -0.4 is 0 Å². The minimum atomic E-state index is 1.04. The summed E-state index contributed by atoms with van der Waals surface area (Å²) in [6, 6.07) is 6.45. The minimum Gasteiger partial charge on any atom is -0.0550 e. The fraction of sp³-hybridized carbons (Fsp3) is 0.200. The maximum atomic E-state index is 3.57. The number of benzene rings is 1. The van der Waals surface area contributed by atoms with E-state index in [-0.39, 0.29) is 0 Å². The van der Waals surface area contributed by atoms with Gasteiger partial charge < -0.3 is 0 Å². The molecule has 1 aliphatic rings. The lowest BCUT2D eigenvalue weighted by Gasteiger charge is -2.00. The Morgan fingerprint density at radius 2 is 2.00 bits per heavy atom. The van der Waals surface area contributed by atoms with Crippen molar-refractivity contribution in [3.8, 4) is 0 Å². The first-order chi connectivity index (χ1) is 5.68. The molecule has 0 spiro atoms. The second-order valence-electron chi connectivity index (χ2n) is 3.01. The molecule has 2 heteroatoms. The van der Waals surface area contributed by atoms with Crippen LogP contribution in [0.5, 0.6) is 0 Å². The Kier molecular flexibility index (Phi) is 2.13. The molecule has 2 rings (SSSR count). The molecule has 0 N–H and O–H groups in total. The van der Waals surface area contributed by atoms with E-state index >= 15 is 0 Å². The van der Waals surface area contributed by atoms with Crippen LogP contribution in [0.25, 0.3) is 5.57 Å². The number of halogens is 2. The molecule has 0 saturated carbocycles. The second kappa shape index (κ2) is 3.00. The minimum absolute atomic E-state index is 1.04. The van der Waals surface area contributed by atoms with Gasteiger partial charge in [0.15, 0.2) is 0 Å². The molecule has 1 aliphatic carbocycles. The van der Waals surface area contributed by atoms with Gasteiger partial charge in [-0.1, -0.05) is 37.9 Å². The maximum absolute atomic E-state index is 3.57. The molecule has 0 unspecified atom stereocenters. The first-order valence-electron chi connectivity index (χ1n) is 3.82. The van der Waals surface area contributed by atoms with Crippen LogP contribution in [0.15, 0.2) is 27.2 Å². The molecule has 0 heterocycles. The van der Waals surface area contributed by atoms with Crippen LogP contribution in [-0.4, -0.2) is 0 Å². The molecule has 0 bridgehead atoms. The first-order valence-corrected chi connectivity index (χ1v) is 5.41. The Hall–Kier alpha value is -0.0800. The monoisotopic (exact) mass is 286 g/mol. The smallest absolute Gasteiger partial charge is 0.0178 e. The number of fused-ring (bicyclic) bond motifs is 1. The van der Waals surface area contributed by atoms with E-state index in [4.69, 9.17) is 0 Å². The van der Waals surface area contributed by atoms with E-state index in [1.165, 1.54) is 21.2 Å². The third-order valence-electron chi connectivity index (χ3n) is 2.22. The van der Waals surface area contributed by atoms with Gasteiger partial charge in [-0.2, -0.15) is 0 Å². The van der Waals surface area contributed by atoms with Crippen molar-refractivity contribution >= 4 is 37.4 Å². The van der Waals surface area contributed by atoms with Crippen molar-refractivity contribution in [2.24, 2.45) is 0 Å². The Bertz CT molecular complexity index is 364. The molecule has 1 aromatic rings. The Morgan fingerprint density at radius 3 is 2.75 bits per heavy atom. The quantitative estimate of drug-likeness (QED) is 0.673. The van der Waals surface area contributed by atoms with Crippen molar-refractivity contribution in [2.75, 3.05) is 0 Å². The lowest BCUT2D eigenvalue weighted by atomic mass is 10.1. The Balaban J connectivity index is 2.58. The van der Waals surface area contributed by atoms with E-state index in [0.717, 1.165) is 10.9 Å². The largest absolute Gasteiger partial charge is 0.0550 e. The number of hydrogen-bond acceptors (Lipinski definition) is 0. The summed E-state index contributed by atoms with van der Waals surface area (Å²) in [7, 11) is 0. The summed E-state index contributed by atoms with van der Waals surface area (Å²) in [5.74, 6) is 0. The van der Waals surface area contributed by atoms with Gasteiger partial charge in [0.05, 0.1) is 0 Å². The zero-order valence-electron chi connectivity index (χ0n) is 6.70. The van der Waals surface area contributed by atoms with Crippen molar-refractivity contribution in [3.05, 3.63) is 38.3 Å². The van der Waals surface area contributed by atoms with Gasteiger partial charge in [-0.15, -0.1) is 0 Å². The lowest BCUT2D eigenvalue weighted by Crippen LogP contribution is -1.81. The van der Waals surface area contributed by atoms with Gasteiger partial charge in [0.1, 0.15) is 0 Å². The zero-order valence-corrected chi connectivity index (χ0v) is 9.87. The van der Waals surface area contributed by atoms with Gasteiger partial charge in [0.25, 0.3) is 0 Å². The van der Waals surface area contributed by atoms with E-state index in [0.29, 0.717) is 0 Å². The molecular weight excluding hydrogens is 280 g/mol. The highest BCUT2D eigenvalue weighted by molar-refractivity contribution is 9.11. The van der Waals surface area contributed by atoms with Crippen molar-refractivity contribution in [2.45, 2.75) is 13.3 Å². The average Bonchev–Trinajstić information content (AvgIpc) is 2.28. The SMILES string of the molecule is CC1=C(Br)Cc2cc(Br)ccc21. The number of hydrogen-bond donors (Lipinski definition) is 0. The molecule has 0 saturated heterocycles. The summed E-state index contributed by atoms with van der Waals surface area (Å²) >= 11 is 7.04. The third-order valence-corrected chi connectivity index (χ3v) is 3.59. The number of allylic oxidation sites excluding steroid dienone is 2. The topological polar surface area (TPSA) is 0 Å². The molecule has 0 fully saturated rings. The number of rotatable bonds is 0. The van der Waals surface area contributed by atoms with Crippen molar-refractivity contribution in [1.29, 1.82) is 0 Å². The summed E-state index contributed by atoms with van der Waals surface area (Å²) in [5, 5.41) is 0. The van der Waals surface area contributed by atoms with Crippen molar-refractivity contribution in [3.63, 3.8) is 0 Å². The zero-order chi connectivity index (χ0) is 8.72. The average molecular weight is 288 g/mol. The standard InChI is InChI=1S/C10H8Br2/c1-6-9-3-2-8(11)4-7(9)5-10(6)12/h2-4H,5H2,1H3. The Labute approximate surface area is 88.9 Å². The predicted octanol–water partition coefficient (Wildman–Crippen LogP) is 4.13. The summed E-state index contributed by atoms with van der Waals surface area (Å²) in [4.78, 5) is 0. The summed E-state index contributed by atoms with van der Waals surface area (Å²) < 4.78 is 2.48. The maximum Gasteiger partial charge on any atom is 0.0178 e. The van der Waals surface area contributed by atoms with Crippen molar-refractivity contribution in [1.82, 2.24) is 0 Å². The molecule has 0 nitrogen and oxygen atoms in total. The molecule has 1 aromatic carbocycles. The van der Waals surface area contributed by atoms with Crippen LogP contribution in [0.3, 0.4) is 0 Å². The van der Waals surface area contributed by atoms with Crippen LogP contribution in [0.1, 0.15) is 18.1 Å². The van der Waals surface area contributed by atoms with Gasteiger partial charge in [-0.05, 0) is 35.8 Å². The van der Waals surface area contributed by atoms with Crippen LogP contribution in [0.4, 0.5) is 0 Å².